The van der Waals surface area contributed by atoms with Crippen molar-refractivity contribution in [3.05, 3.63) is 89.8 Å². The van der Waals surface area contributed by atoms with Crippen LogP contribution in [0.4, 0.5) is 0 Å². The van der Waals surface area contributed by atoms with Crippen LogP contribution in [0.2, 0.25) is 0 Å². The third-order valence-electron chi connectivity index (χ3n) is 4.63. The van der Waals surface area contributed by atoms with Crippen molar-refractivity contribution in [1.29, 1.82) is 0 Å². The molecule has 152 valence electrons. The van der Waals surface area contributed by atoms with Crippen LogP contribution in [-0.2, 0) is 20.9 Å². The molecule has 1 amide bonds. The van der Waals surface area contributed by atoms with Crippen LogP contribution >= 0.6 is 0 Å². The molecule has 1 aromatic heterocycles. The number of amides is 1. The van der Waals surface area contributed by atoms with Crippen molar-refractivity contribution in [3.8, 4) is 0 Å². The predicted octanol–water partition coefficient (Wildman–Crippen LogP) is 2.90. The standard InChI is InChI=1S/C23H22N4O3/c28-21(14-13-20-16-27(26-25-20)15-17-7-3-1-4-8-17)30-22(18-9-5-2-6-10-18)23(29)24-19-11-12-19/h1-10,13-14,16,19,22H,11-12,15H2,(H,24,29)/b14-13+/t22-/m0/s1. The molecule has 0 spiro atoms. The van der Waals surface area contributed by atoms with Crippen molar-refractivity contribution in [2.45, 2.75) is 31.5 Å². The first kappa shape index (κ1) is 19.6. The molecule has 0 bridgehead atoms. The Morgan fingerprint density at radius 1 is 1.10 bits per heavy atom. The van der Waals surface area contributed by atoms with Gasteiger partial charge < -0.3 is 10.1 Å². The van der Waals surface area contributed by atoms with Gasteiger partial charge in [0.05, 0.1) is 12.7 Å². The van der Waals surface area contributed by atoms with E-state index in [1.165, 1.54) is 12.2 Å². The van der Waals surface area contributed by atoms with Crippen LogP contribution in [0.5, 0.6) is 0 Å². The summed E-state index contributed by atoms with van der Waals surface area (Å²) in [4.78, 5) is 24.9. The summed E-state index contributed by atoms with van der Waals surface area (Å²) in [6.45, 7) is 0.587. The quantitative estimate of drug-likeness (QED) is 0.463. The van der Waals surface area contributed by atoms with Crippen LogP contribution < -0.4 is 5.32 Å². The van der Waals surface area contributed by atoms with Crippen molar-refractivity contribution in [2.24, 2.45) is 0 Å². The van der Waals surface area contributed by atoms with Gasteiger partial charge in [0.15, 0.2) is 0 Å². The molecule has 1 fully saturated rings. The maximum atomic E-state index is 12.5. The summed E-state index contributed by atoms with van der Waals surface area (Å²) in [5, 5.41) is 11.0. The SMILES string of the molecule is O=C(/C=C/c1cn(Cc2ccccc2)nn1)O[C@H](C(=O)NC1CC1)c1ccccc1. The molecule has 1 aliphatic rings. The van der Waals surface area contributed by atoms with Crippen LogP contribution in [0.1, 0.15) is 35.8 Å². The molecule has 30 heavy (non-hydrogen) atoms. The maximum absolute atomic E-state index is 12.5. The summed E-state index contributed by atoms with van der Waals surface area (Å²) in [5.41, 5.74) is 2.26. The lowest BCUT2D eigenvalue weighted by Gasteiger charge is -2.17. The minimum absolute atomic E-state index is 0.178. The number of carbonyl (C=O) groups excluding carboxylic acids is 2. The molecular weight excluding hydrogens is 380 g/mol. The van der Waals surface area contributed by atoms with Gasteiger partial charge in [-0.3, -0.25) is 4.79 Å². The molecule has 2 aromatic carbocycles. The van der Waals surface area contributed by atoms with Gasteiger partial charge in [0.1, 0.15) is 5.69 Å². The molecule has 7 nitrogen and oxygen atoms in total. The fraction of sp³-hybridized carbons (Fsp3) is 0.217. The molecule has 1 saturated carbocycles. The van der Waals surface area contributed by atoms with Crippen LogP contribution in [-0.4, -0.2) is 32.9 Å². The lowest BCUT2D eigenvalue weighted by Crippen LogP contribution is -2.33. The van der Waals surface area contributed by atoms with Crippen LogP contribution in [0, 0.1) is 0 Å². The van der Waals surface area contributed by atoms with Crippen molar-refractivity contribution in [2.75, 3.05) is 0 Å². The molecule has 0 saturated heterocycles. The smallest absolute Gasteiger partial charge is 0.331 e. The highest BCUT2D eigenvalue weighted by molar-refractivity contribution is 5.90. The Labute approximate surface area is 174 Å². The summed E-state index contributed by atoms with van der Waals surface area (Å²) in [5.74, 6) is -0.924. The highest BCUT2D eigenvalue weighted by atomic mass is 16.5. The van der Waals surface area contributed by atoms with E-state index in [1.54, 1.807) is 23.0 Å². The average Bonchev–Trinajstić information content (AvgIpc) is 3.47. The molecule has 1 N–H and O–H groups in total. The van der Waals surface area contributed by atoms with E-state index < -0.39 is 12.1 Å². The number of ether oxygens (including phenoxy) is 1. The van der Waals surface area contributed by atoms with E-state index in [0.717, 1.165) is 18.4 Å². The van der Waals surface area contributed by atoms with Gasteiger partial charge in [0.25, 0.3) is 5.91 Å². The van der Waals surface area contributed by atoms with Crippen molar-refractivity contribution >= 4 is 18.0 Å². The van der Waals surface area contributed by atoms with Crippen molar-refractivity contribution < 1.29 is 14.3 Å². The molecule has 3 aromatic rings. The average molecular weight is 402 g/mol. The summed E-state index contributed by atoms with van der Waals surface area (Å²) in [6, 6.07) is 19.1. The van der Waals surface area contributed by atoms with Crippen LogP contribution in [0.25, 0.3) is 6.08 Å². The topological polar surface area (TPSA) is 86.1 Å². The lowest BCUT2D eigenvalue weighted by atomic mass is 10.1. The Hall–Kier alpha value is -3.74. The van der Waals surface area contributed by atoms with Gasteiger partial charge >= 0.3 is 5.97 Å². The Morgan fingerprint density at radius 3 is 2.50 bits per heavy atom. The van der Waals surface area contributed by atoms with Crippen molar-refractivity contribution in [1.82, 2.24) is 20.3 Å². The van der Waals surface area contributed by atoms with Gasteiger partial charge in [0.2, 0.25) is 6.10 Å². The Balaban J connectivity index is 1.39. The Bertz CT molecular complexity index is 1030. The third-order valence-corrected chi connectivity index (χ3v) is 4.63. The number of nitrogens with zero attached hydrogens (tertiary/aromatic N) is 3. The second-order valence-corrected chi connectivity index (χ2v) is 7.17. The monoisotopic (exact) mass is 402 g/mol. The van der Waals surface area contributed by atoms with Gasteiger partial charge in [-0.05, 0) is 24.5 Å². The van der Waals surface area contributed by atoms with E-state index in [2.05, 4.69) is 15.6 Å². The second kappa shape index (κ2) is 9.17. The molecule has 1 aliphatic carbocycles. The molecule has 7 heteroatoms. The normalized spacial score (nSPS) is 14.4. The first-order valence-electron chi connectivity index (χ1n) is 9.85. The number of hydrogen-bond acceptors (Lipinski definition) is 5. The maximum Gasteiger partial charge on any atom is 0.331 e. The molecule has 1 heterocycles. The van der Waals surface area contributed by atoms with Gasteiger partial charge in [0, 0.05) is 17.7 Å². The van der Waals surface area contributed by atoms with Crippen LogP contribution in [0.15, 0.2) is 72.9 Å². The number of esters is 1. The third kappa shape index (κ3) is 5.41. The second-order valence-electron chi connectivity index (χ2n) is 7.17. The molecule has 0 aliphatic heterocycles. The summed E-state index contributed by atoms with van der Waals surface area (Å²) in [6.07, 6.45) is 5.46. The molecule has 1 atom stereocenters. The van der Waals surface area contributed by atoms with E-state index in [0.29, 0.717) is 17.8 Å². The number of rotatable bonds is 8. The molecular formula is C23H22N4O3. The van der Waals surface area contributed by atoms with Crippen molar-refractivity contribution in [3.63, 3.8) is 0 Å². The largest absolute Gasteiger partial charge is 0.444 e. The van der Waals surface area contributed by atoms with E-state index >= 15 is 0 Å². The first-order chi connectivity index (χ1) is 14.7. The number of nitrogens with one attached hydrogen (secondary N) is 1. The van der Waals surface area contributed by atoms with E-state index in [9.17, 15) is 9.59 Å². The zero-order valence-electron chi connectivity index (χ0n) is 16.3. The zero-order valence-corrected chi connectivity index (χ0v) is 16.3. The fourth-order valence-corrected chi connectivity index (χ4v) is 2.95. The minimum atomic E-state index is -0.988. The first-order valence-corrected chi connectivity index (χ1v) is 9.85. The summed E-state index contributed by atoms with van der Waals surface area (Å²) >= 11 is 0. The van der Waals surface area contributed by atoms with Crippen LogP contribution in [0.3, 0.4) is 0 Å². The fourth-order valence-electron chi connectivity index (χ4n) is 2.95. The van der Waals surface area contributed by atoms with E-state index in [4.69, 9.17) is 4.74 Å². The Morgan fingerprint density at radius 2 is 1.80 bits per heavy atom. The molecule has 4 rings (SSSR count). The Kier molecular flexibility index (Phi) is 5.98. The molecule has 0 unspecified atom stereocenters. The molecule has 0 radical (unpaired) electrons. The van der Waals surface area contributed by atoms with Gasteiger partial charge in [-0.15, -0.1) is 5.10 Å². The van der Waals surface area contributed by atoms with Gasteiger partial charge in [-0.2, -0.15) is 0 Å². The zero-order chi connectivity index (χ0) is 20.8. The summed E-state index contributed by atoms with van der Waals surface area (Å²) in [7, 11) is 0. The van der Waals surface area contributed by atoms with Gasteiger partial charge in [-0.1, -0.05) is 65.9 Å². The predicted molar refractivity (Wildman–Crippen MR) is 111 cm³/mol. The number of hydrogen-bond donors (Lipinski definition) is 1. The van der Waals surface area contributed by atoms with E-state index in [-0.39, 0.29) is 11.9 Å². The number of carbonyl (C=O) groups is 2. The highest BCUT2D eigenvalue weighted by Crippen LogP contribution is 2.23. The highest BCUT2D eigenvalue weighted by Gasteiger charge is 2.30. The summed E-state index contributed by atoms with van der Waals surface area (Å²) < 4.78 is 7.15. The number of benzene rings is 2. The lowest BCUT2D eigenvalue weighted by molar-refractivity contribution is -0.151. The minimum Gasteiger partial charge on any atom is -0.444 e. The van der Waals surface area contributed by atoms with Gasteiger partial charge in [-0.25, -0.2) is 9.48 Å². The number of aromatic nitrogens is 3. The van der Waals surface area contributed by atoms with E-state index in [1.807, 2.05) is 48.5 Å².